The van der Waals surface area contributed by atoms with Crippen molar-refractivity contribution >= 4 is 27.3 Å². The van der Waals surface area contributed by atoms with Crippen molar-refractivity contribution < 1.29 is 8.42 Å². The van der Waals surface area contributed by atoms with Crippen molar-refractivity contribution in [3.05, 3.63) is 22.4 Å². The molecule has 9 heteroatoms. The van der Waals surface area contributed by atoms with Crippen LogP contribution in [0, 0.1) is 0 Å². The van der Waals surface area contributed by atoms with Crippen LogP contribution in [-0.4, -0.2) is 64.3 Å². The Balaban J connectivity index is 1.86. The summed E-state index contributed by atoms with van der Waals surface area (Å²) in [5.74, 6) is 0.905. The first-order valence-electron chi connectivity index (χ1n) is 9.82. The number of aliphatic imine (C=N–C) groups is 1. The number of thiophene rings is 1. The zero-order valence-corrected chi connectivity index (χ0v) is 18.0. The van der Waals surface area contributed by atoms with Crippen LogP contribution in [0.15, 0.2) is 22.5 Å². The van der Waals surface area contributed by atoms with E-state index >= 15 is 0 Å². The number of rotatable bonds is 11. The summed E-state index contributed by atoms with van der Waals surface area (Å²) >= 11 is 1.79. The summed E-state index contributed by atoms with van der Waals surface area (Å²) in [6.45, 7) is 8.59. The standard InChI is InChI=1S/C18H33N5O2S2/c1-3-19-18(20-10-8-11-22-27(24,25)4-2)21-15-16(17-9-7-14-26-17)23-12-5-6-13-23/h7,9,14,16,22H,3-6,8,10-13,15H2,1-2H3,(H2,19,20,21). The van der Waals surface area contributed by atoms with Crippen LogP contribution in [0.1, 0.15) is 44.0 Å². The average Bonchev–Trinajstić information content (AvgIpc) is 3.36. The number of hydrogen-bond donors (Lipinski definition) is 3. The zero-order chi connectivity index (χ0) is 19.5. The first-order valence-corrected chi connectivity index (χ1v) is 12.4. The first kappa shape index (κ1) is 22.1. The van der Waals surface area contributed by atoms with Crippen molar-refractivity contribution in [3.8, 4) is 0 Å². The molecule has 7 nitrogen and oxygen atoms in total. The largest absolute Gasteiger partial charge is 0.357 e. The lowest BCUT2D eigenvalue weighted by atomic mass is 10.2. The summed E-state index contributed by atoms with van der Waals surface area (Å²) in [5.41, 5.74) is 0. The van der Waals surface area contributed by atoms with Crippen LogP contribution in [0.4, 0.5) is 0 Å². The topological polar surface area (TPSA) is 85.8 Å². The molecule has 2 heterocycles. The van der Waals surface area contributed by atoms with Gasteiger partial charge in [-0.1, -0.05) is 6.07 Å². The Hall–Kier alpha value is -1.16. The van der Waals surface area contributed by atoms with E-state index in [2.05, 4.69) is 37.8 Å². The maximum absolute atomic E-state index is 11.4. The molecule has 0 amide bonds. The Morgan fingerprint density at radius 1 is 1.26 bits per heavy atom. The number of guanidine groups is 1. The molecule has 0 saturated carbocycles. The molecule has 1 saturated heterocycles. The Kier molecular flexibility index (Phi) is 9.53. The summed E-state index contributed by atoms with van der Waals surface area (Å²) in [6.07, 6.45) is 3.24. The molecule has 1 aliphatic heterocycles. The third-order valence-corrected chi connectivity index (χ3v) is 6.95. The Labute approximate surface area is 167 Å². The molecule has 0 bridgehead atoms. The third kappa shape index (κ3) is 7.77. The molecule has 1 aliphatic rings. The van der Waals surface area contributed by atoms with Crippen LogP contribution >= 0.6 is 11.3 Å². The van der Waals surface area contributed by atoms with E-state index in [4.69, 9.17) is 4.99 Å². The molecule has 0 aliphatic carbocycles. The second-order valence-electron chi connectivity index (χ2n) is 6.57. The van der Waals surface area contributed by atoms with Gasteiger partial charge in [0.2, 0.25) is 10.0 Å². The predicted octanol–water partition coefficient (Wildman–Crippen LogP) is 1.77. The van der Waals surface area contributed by atoms with Crippen molar-refractivity contribution in [2.75, 3.05) is 45.0 Å². The number of nitrogens with zero attached hydrogens (tertiary/aromatic N) is 2. The summed E-state index contributed by atoms with van der Waals surface area (Å²) in [6, 6.07) is 4.64. The predicted molar refractivity (Wildman–Crippen MR) is 114 cm³/mol. The highest BCUT2D eigenvalue weighted by Crippen LogP contribution is 2.28. The highest BCUT2D eigenvalue weighted by Gasteiger charge is 2.24. The first-order chi connectivity index (χ1) is 13.1. The molecule has 0 aromatic carbocycles. The number of likely N-dealkylation sites (tertiary alicyclic amines) is 1. The molecule has 2 rings (SSSR count). The van der Waals surface area contributed by atoms with E-state index in [1.807, 2.05) is 6.92 Å². The van der Waals surface area contributed by atoms with Crippen molar-refractivity contribution in [2.45, 2.75) is 39.2 Å². The maximum Gasteiger partial charge on any atom is 0.211 e. The van der Waals surface area contributed by atoms with Crippen LogP contribution in [0.5, 0.6) is 0 Å². The van der Waals surface area contributed by atoms with Gasteiger partial charge in [0.15, 0.2) is 5.96 Å². The SMILES string of the molecule is CCNC(=NCC(c1cccs1)N1CCCC1)NCCCNS(=O)(=O)CC. The van der Waals surface area contributed by atoms with E-state index in [0.29, 0.717) is 25.6 Å². The molecule has 1 aromatic rings. The summed E-state index contributed by atoms with van der Waals surface area (Å²) in [7, 11) is -3.11. The molecular formula is C18H33N5O2S2. The average molecular weight is 416 g/mol. The lowest BCUT2D eigenvalue weighted by Gasteiger charge is -2.25. The summed E-state index contributed by atoms with van der Waals surface area (Å²) in [4.78, 5) is 8.69. The Morgan fingerprint density at radius 2 is 2.04 bits per heavy atom. The van der Waals surface area contributed by atoms with Gasteiger partial charge < -0.3 is 10.6 Å². The van der Waals surface area contributed by atoms with Crippen LogP contribution in [0.25, 0.3) is 0 Å². The van der Waals surface area contributed by atoms with Crippen LogP contribution in [0.3, 0.4) is 0 Å². The van der Waals surface area contributed by atoms with Crippen molar-refractivity contribution in [1.82, 2.24) is 20.3 Å². The van der Waals surface area contributed by atoms with Crippen molar-refractivity contribution in [2.24, 2.45) is 4.99 Å². The molecule has 3 N–H and O–H groups in total. The van der Waals surface area contributed by atoms with E-state index in [9.17, 15) is 8.42 Å². The van der Waals surface area contributed by atoms with E-state index in [0.717, 1.165) is 32.1 Å². The third-order valence-electron chi connectivity index (χ3n) is 4.57. The van der Waals surface area contributed by atoms with E-state index in [-0.39, 0.29) is 5.75 Å². The quantitative estimate of drug-likeness (QED) is 0.291. The monoisotopic (exact) mass is 415 g/mol. The summed E-state index contributed by atoms with van der Waals surface area (Å²) < 4.78 is 25.5. The molecule has 154 valence electrons. The minimum absolute atomic E-state index is 0.116. The Bertz CT molecular complexity index is 655. The fourth-order valence-electron chi connectivity index (χ4n) is 3.06. The van der Waals surface area contributed by atoms with Crippen LogP contribution < -0.4 is 15.4 Å². The maximum atomic E-state index is 11.4. The van der Waals surface area contributed by atoms with Gasteiger partial charge in [-0.25, -0.2) is 13.1 Å². The molecular weight excluding hydrogens is 382 g/mol. The van der Waals surface area contributed by atoms with Gasteiger partial charge >= 0.3 is 0 Å². The number of nitrogens with one attached hydrogen (secondary N) is 3. The Morgan fingerprint density at radius 3 is 2.67 bits per heavy atom. The summed E-state index contributed by atoms with van der Waals surface area (Å²) in [5, 5.41) is 8.71. The van der Waals surface area contributed by atoms with Gasteiger partial charge in [0.25, 0.3) is 0 Å². The van der Waals surface area contributed by atoms with Gasteiger partial charge in [-0.3, -0.25) is 9.89 Å². The number of sulfonamides is 1. The molecule has 1 unspecified atom stereocenters. The molecule has 0 radical (unpaired) electrons. The molecule has 1 atom stereocenters. The molecule has 1 fully saturated rings. The molecule has 27 heavy (non-hydrogen) atoms. The lowest BCUT2D eigenvalue weighted by Crippen LogP contribution is -2.39. The van der Waals surface area contributed by atoms with Gasteiger partial charge in [-0.15, -0.1) is 11.3 Å². The van der Waals surface area contributed by atoms with Crippen molar-refractivity contribution in [1.29, 1.82) is 0 Å². The lowest BCUT2D eigenvalue weighted by molar-refractivity contribution is 0.255. The normalized spacial score (nSPS) is 17.2. The van der Waals surface area contributed by atoms with Crippen LogP contribution in [0.2, 0.25) is 0 Å². The number of hydrogen-bond acceptors (Lipinski definition) is 5. The van der Waals surface area contributed by atoms with Gasteiger partial charge in [0.05, 0.1) is 18.3 Å². The fraction of sp³-hybridized carbons (Fsp3) is 0.722. The van der Waals surface area contributed by atoms with E-state index < -0.39 is 10.0 Å². The highest BCUT2D eigenvalue weighted by atomic mass is 32.2. The highest BCUT2D eigenvalue weighted by molar-refractivity contribution is 7.89. The van der Waals surface area contributed by atoms with Gasteiger partial charge in [-0.2, -0.15) is 0 Å². The van der Waals surface area contributed by atoms with Gasteiger partial charge in [-0.05, 0) is 57.6 Å². The van der Waals surface area contributed by atoms with Crippen LogP contribution in [-0.2, 0) is 10.0 Å². The minimum Gasteiger partial charge on any atom is -0.357 e. The molecule has 1 aromatic heterocycles. The van der Waals surface area contributed by atoms with E-state index in [1.54, 1.807) is 18.3 Å². The van der Waals surface area contributed by atoms with Crippen molar-refractivity contribution in [3.63, 3.8) is 0 Å². The van der Waals surface area contributed by atoms with Gasteiger partial charge in [0, 0.05) is 24.5 Å². The minimum atomic E-state index is -3.11. The smallest absolute Gasteiger partial charge is 0.211 e. The second kappa shape index (κ2) is 11.6. The second-order valence-corrected chi connectivity index (χ2v) is 9.65. The van der Waals surface area contributed by atoms with E-state index in [1.165, 1.54) is 17.7 Å². The fourth-order valence-corrected chi connectivity index (χ4v) is 4.58. The molecule has 0 spiro atoms. The zero-order valence-electron chi connectivity index (χ0n) is 16.4. The van der Waals surface area contributed by atoms with Gasteiger partial charge in [0.1, 0.15) is 0 Å².